The number of carbonyl (C=O) groups is 2. The zero-order valence-corrected chi connectivity index (χ0v) is 16.9. The van der Waals surface area contributed by atoms with Crippen LogP contribution in [-0.4, -0.2) is 76.2 Å². The highest BCUT2D eigenvalue weighted by molar-refractivity contribution is 5.81. The number of piperidine rings is 3. The summed E-state index contributed by atoms with van der Waals surface area (Å²) in [6.07, 6.45) is 9.13. The number of hydrogen-bond donors (Lipinski definition) is 2. The van der Waals surface area contributed by atoms with Gasteiger partial charge in [-0.15, -0.1) is 0 Å². The molecule has 5 heterocycles. The normalized spacial score (nSPS) is 34.8. The fraction of sp³-hybridized carbons (Fsp3) is 0.762. The van der Waals surface area contributed by atoms with Gasteiger partial charge < -0.3 is 15.0 Å². The largest absolute Gasteiger partial charge is 0.368 e. The number of H-pyrrole nitrogens is 1. The molecule has 1 aromatic heterocycles. The van der Waals surface area contributed by atoms with Crippen LogP contribution in [-0.2, 0) is 20.9 Å². The van der Waals surface area contributed by atoms with Crippen LogP contribution in [0.3, 0.4) is 0 Å². The van der Waals surface area contributed by atoms with E-state index in [1.54, 1.807) is 0 Å². The van der Waals surface area contributed by atoms with Crippen molar-refractivity contribution < 1.29 is 14.3 Å². The van der Waals surface area contributed by atoms with E-state index in [2.05, 4.69) is 25.3 Å². The Labute approximate surface area is 171 Å². The molecule has 4 fully saturated rings. The maximum Gasteiger partial charge on any atom is 0.249 e. The summed E-state index contributed by atoms with van der Waals surface area (Å²) in [7, 11) is 0. The molecule has 29 heavy (non-hydrogen) atoms. The Balaban J connectivity index is 1.31. The van der Waals surface area contributed by atoms with Crippen molar-refractivity contribution in [2.45, 2.75) is 63.3 Å². The monoisotopic (exact) mass is 401 g/mol. The van der Waals surface area contributed by atoms with Crippen molar-refractivity contribution in [3.8, 4) is 0 Å². The molecule has 5 atom stereocenters. The standard InChI is InChI=1S/C21H31N5O3/c27-20-5-1-3-17-15-7-16(13-25(12-15)11-14-8-23-24-9-14)18(26(17)20)10-22-21(28)19-4-2-6-29-19/h8-9,15-19H,1-7,10-13H2,(H,22,28)(H,23,24)/t15-,16+,17+,18+,19+/m1/s1. The molecular weight excluding hydrogens is 370 g/mol. The van der Waals surface area contributed by atoms with Crippen LogP contribution in [0, 0.1) is 11.8 Å². The van der Waals surface area contributed by atoms with E-state index < -0.39 is 0 Å². The first-order valence-corrected chi connectivity index (χ1v) is 11.1. The molecule has 0 saturated carbocycles. The highest BCUT2D eigenvalue weighted by Gasteiger charge is 2.49. The third kappa shape index (κ3) is 3.80. The first-order valence-electron chi connectivity index (χ1n) is 11.1. The summed E-state index contributed by atoms with van der Waals surface area (Å²) in [5.41, 5.74) is 1.20. The van der Waals surface area contributed by atoms with E-state index >= 15 is 0 Å². The second-order valence-electron chi connectivity index (χ2n) is 9.13. The van der Waals surface area contributed by atoms with Gasteiger partial charge in [0.15, 0.2) is 0 Å². The summed E-state index contributed by atoms with van der Waals surface area (Å²) < 4.78 is 5.53. The fourth-order valence-electron chi connectivity index (χ4n) is 5.99. The van der Waals surface area contributed by atoms with Crippen molar-refractivity contribution in [2.24, 2.45) is 11.8 Å². The molecule has 2 bridgehead atoms. The summed E-state index contributed by atoms with van der Waals surface area (Å²) in [5.74, 6) is 1.17. The maximum absolute atomic E-state index is 12.9. The average molecular weight is 402 g/mol. The summed E-state index contributed by atoms with van der Waals surface area (Å²) in [6.45, 7) is 4.09. The molecule has 4 aliphatic rings. The minimum atomic E-state index is -0.317. The van der Waals surface area contributed by atoms with Crippen LogP contribution in [0.25, 0.3) is 0 Å². The highest BCUT2D eigenvalue weighted by Crippen LogP contribution is 2.41. The number of nitrogens with one attached hydrogen (secondary N) is 2. The van der Waals surface area contributed by atoms with Crippen molar-refractivity contribution in [1.82, 2.24) is 25.3 Å². The van der Waals surface area contributed by atoms with E-state index in [1.165, 1.54) is 5.56 Å². The number of amides is 2. The van der Waals surface area contributed by atoms with Gasteiger partial charge in [0.25, 0.3) is 0 Å². The quantitative estimate of drug-likeness (QED) is 0.765. The summed E-state index contributed by atoms with van der Waals surface area (Å²) in [5, 5.41) is 10.1. The molecule has 8 nitrogen and oxygen atoms in total. The van der Waals surface area contributed by atoms with E-state index in [-0.39, 0.29) is 24.0 Å². The number of carbonyl (C=O) groups excluding carboxylic acids is 2. The van der Waals surface area contributed by atoms with Gasteiger partial charge in [0, 0.05) is 57.0 Å². The molecular formula is C21H31N5O3. The highest BCUT2D eigenvalue weighted by atomic mass is 16.5. The van der Waals surface area contributed by atoms with Crippen LogP contribution in [0.15, 0.2) is 12.4 Å². The molecule has 2 amide bonds. The minimum absolute atomic E-state index is 0.0169. The van der Waals surface area contributed by atoms with Crippen LogP contribution in [0.4, 0.5) is 0 Å². The SMILES string of the molecule is O=C(NC[C@H]1[C@H]2C[C@H](CN(Cc3cn[nH]c3)C2)[C@@H]2CCCC(=O)N21)[C@@H]1CCCO1. The number of nitrogens with zero attached hydrogens (tertiary/aromatic N) is 3. The van der Waals surface area contributed by atoms with Gasteiger partial charge in [0.05, 0.1) is 12.2 Å². The van der Waals surface area contributed by atoms with Gasteiger partial charge in [-0.1, -0.05) is 0 Å². The number of hydrogen-bond acceptors (Lipinski definition) is 5. The van der Waals surface area contributed by atoms with Crippen LogP contribution in [0.2, 0.25) is 0 Å². The molecule has 0 unspecified atom stereocenters. The Kier molecular flexibility index (Phi) is 5.30. The second kappa shape index (κ2) is 8.07. The van der Waals surface area contributed by atoms with Crippen LogP contribution in [0.1, 0.15) is 44.1 Å². The topological polar surface area (TPSA) is 90.6 Å². The molecule has 158 valence electrons. The van der Waals surface area contributed by atoms with E-state index in [4.69, 9.17) is 4.74 Å². The first kappa shape index (κ1) is 19.1. The zero-order valence-electron chi connectivity index (χ0n) is 16.9. The third-order valence-electron chi connectivity index (χ3n) is 7.24. The van der Waals surface area contributed by atoms with Crippen LogP contribution in [0.5, 0.6) is 0 Å². The minimum Gasteiger partial charge on any atom is -0.368 e. The molecule has 4 saturated heterocycles. The summed E-state index contributed by atoms with van der Waals surface area (Å²) in [4.78, 5) is 30.1. The van der Waals surface area contributed by atoms with E-state index in [0.29, 0.717) is 37.5 Å². The predicted octanol–water partition coefficient (Wildman–Crippen LogP) is 0.906. The Morgan fingerprint density at radius 1 is 1.28 bits per heavy atom. The van der Waals surface area contributed by atoms with Crippen molar-refractivity contribution in [2.75, 3.05) is 26.2 Å². The van der Waals surface area contributed by atoms with E-state index in [1.807, 2.05) is 12.4 Å². The second-order valence-corrected chi connectivity index (χ2v) is 9.13. The number of likely N-dealkylation sites (tertiary alicyclic amines) is 1. The van der Waals surface area contributed by atoms with Crippen molar-refractivity contribution >= 4 is 11.8 Å². The Bertz CT molecular complexity index is 733. The molecule has 2 N–H and O–H groups in total. The van der Waals surface area contributed by atoms with Gasteiger partial charge in [-0.2, -0.15) is 5.10 Å². The molecule has 0 aromatic carbocycles. The van der Waals surface area contributed by atoms with Crippen molar-refractivity contribution in [1.29, 1.82) is 0 Å². The number of ether oxygens (including phenoxy) is 1. The van der Waals surface area contributed by atoms with Crippen LogP contribution < -0.4 is 5.32 Å². The lowest BCUT2D eigenvalue weighted by atomic mass is 9.72. The lowest BCUT2D eigenvalue weighted by Crippen LogP contribution is -2.67. The van der Waals surface area contributed by atoms with Crippen LogP contribution >= 0.6 is 0 Å². The number of rotatable bonds is 5. The van der Waals surface area contributed by atoms with Gasteiger partial charge in [0.1, 0.15) is 6.10 Å². The van der Waals surface area contributed by atoms with Crippen molar-refractivity contribution in [3.05, 3.63) is 18.0 Å². The number of aromatic amines is 1. The van der Waals surface area contributed by atoms with Gasteiger partial charge in [0.2, 0.25) is 11.8 Å². The molecule has 5 rings (SSSR count). The lowest BCUT2D eigenvalue weighted by Gasteiger charge is -2.56. The van der Waals surface area contributed by atoms with Gasteiger partial charge in [-0.25, -0.2) is 0 Å². The molecule has 0 spiro atoms. The molecule has 1 aromatic rings. The summed E-state index contributed by atoms with van der Waals surface area (Å²) >= 11 is 0. The fourth-order valence-corrected chi connectivity index (χ4v) is 5.99. The van der Waals surface area contributed by atoms with E-state index in [9.17, 15) is 9.59 Å². The van der Waals surface area contributed by atoms with Gasteiger partial charge >= 0.3 is 0 Å². The number of aromatic nitrogens is 2. The first-order chi connectivity index (χ1) is 14.2. The third-order valence-corrected chi connectivity index (χ3v) is 7.24. The summed E-state index contributed by atoms with van der Waals surface area (Å²) in [6, 6.07) is 0.394. The van der Waals surface area contributed by atoms with E-state index in [0.717, 1.165) is 51.7 Å². The zero-order chi connectivity index (χ0) is 19.8. The Morgan fingerprint density at radius 3 is 2.97 bits per heavy atom. The maximum atomic E-state index is 12.9. The predicted molar refractivity (Wildman–Crippen MR) is 106 cm³/mol. The van der Waals surface area contributed by atoms with Gasteiger partial charge in [-0.05, 0) is 43.9 Å². The van der Waals surface area contributed by atoms with Gasteiger partial charge in [-0.3, -0.25) is 19.6 Å². The average Bonchev–Trinajstić information content (AvgIpc) is 3.42. The molecule has 0 aliphatic carbocycles. The number of fused-ring (bicyclic) bond motifs is 4. The Morgan fingerprint density at radius 2 is 2.17 bits per heavy atom. The molecule has 8 heteroatoms. The molecule has 4 aliphatic heterocycles. The van der Waals surface area contributed by atoms with Crippen molar-refractivity contribution in [3.63, 3.8) is 0 Å². The Hall–Kier alpha value is -1.93. The molecule has 0 radical (unpaired) electrons. The lowest BCUT2D eigenvalue weighted by molar-refractivity contribution is -0.153. The smallest absolute Gasteiger partial charge is 0.249 e.